The van der Waals surface area contributed by atoms with E-state index in [0.29, 0.717) is 23.9 Å². The highest BCUT2D eigenvalue weighted by Crippen LogP contribution is 2.62. The first kappa shape index (κ1) is 16.8. The molecular weight excluding hydrogens is 284 g/mol. The molecule has 3 aliphatic rings. The molecule has 0 saturated heterocycles. The molecule has 0 aromatic carbocycles. The minimum atomic E-state index is -0.0813. The maximum atomic E-state index is 11.2. The summed E-state index contributed by atoms with van der Waals surface area (Å²) in [5.74, 6) is 1.44. The lowest BCUT2D eigenvalue weighted by Crippen LogP contribution is -2.50. The summed E-state index contributed by atoms with van der Waals surface area (Å²) < 4.78 is 5.21. The second-order valence-corrected chi connectivity index (χ2v) is 8.64. The lowest BCUT2D eigenvalue weighted by Gasteiger charge is -2.59. The van der Waals surface area contributed by atoms with Crippen LogP contribution >= 0.6 is 0 Å². The van der Waals surface area contributed by atoms with Crippen LogP contribution in [-0.2, 0) is 9.53 Å². The largest absolute Gasteiger partial charge is 0.461 e. The Morgan fingerprint density at radius 3 is 2.83 bits per heavy atom. The maximum absolute atomic E-state index is 11.2. The average Bonchev–Trinajstić information content (AvgIpc) is 2.53. The number of carbonyl (C=O) groups excluding carboxylic acids is 1. The number of esters is 1. The Bertz CT molecular complexity index is 532. The topological polar surface area (TPSA) is 26.3 Å². The van der Waals surface area contributed by atoms with Gasteiger partial charge in [0.1, 0.15) is 6.61 Å². The molecule has 2 heteroatoms. The zero-order chi connectivity index (χ0) is 16.7. The van der Waals surface area contributed by atoms with E-state index in [4.69, 9.17) is 4.74 Å². The van der Waals surface area contributed by atoms with Crippen molar-refractivity contribution in [2.75, 3.05) is 6.61 Å². The molecule has 0 unspecified atom stereocenters. The minimum Gasteiger partial charge on any atom is -0.461 e. The third kappa shape index (κ3) is 2.90. The molecule has 0 aromatic heterocycles. The number of fused-ring (bicyclic) bond motifs is 1. The Kier molecular flexibility index (Phi) is 4.46. The molecule has 0 aromatic rings. The van der Waals surface area contributed by atoms with E-state index in [0.717, 1.165) is 18.3 Å². The SMILES string of the molecule is C=C1CCC[C@@H]2[C@@](C)(CCC3=CCC(=O)OC3)[C@@H](C)CC[C@@]12C. The van der Waals surface area contributed by atoms with E-state index < -0.39 is 0 Å². The zero-order valence-corrected chi connectivity index (χ0v) is 15.1. The van der Waals surface area contributed by atoms with Gasteiger partial charge in [-0.1, -0.05) is 39.0 Å². The summed E-state index contributed by atoms with van der Waals surface area (Å²) in [7, 11) is 0. The van der Waals surface area contributed by atoms with Gasteiger partial charge in [0.2, 0.25) is 0 Å². The van der Waals surface area contributed by atoms with Crippen LogP contribution in [0.15, 0.2) is 23.8 Å². The summed E-state index contributed by atoms with van der Waals surface area (Å²) in [5.41, 5.74) is 3.53. The van der Waals surface area contributed by atoms with Gasteiger partial charge in [0.05, 0.1) is 6.42 Å². The molecule has 2 nitrogen and oxygen atoms in total. The van der Waals surface area contributed by atoms with Gasteiger partial charge in [-0.15, -0.1) is 0 Å². The van der Waals surface area contributed by atoms with Crippen LogP contribution in [0.2, 0.25) is 0 Å². The Morgan fingerprint density at radius 1 is 1.35 bits per heavy atom. The first-order valence-corrected chi connectivity index (χ1v) is 9.38. The van der Waals surface area contributed by atoms with Crippen molar-refractivity contribution < 1.29 is 9.53 Å². The van der Waals surface area contributed by atoms with Crippen LogP contribution in [0, 0.1) is 22.7 Å². The van der Waals surface area contributed by atoms with Crippen molar-refractivity contribution in [3.8, 4) is 0 Å². The summed E-state index contributed by atoms with van der Waals surface area (Å²) in [6.07, 6.45) is 11.4. The summed E-state index contributed by atoms with van der Waals surface area (Å²) >= 11 is 0. The van der Waals surface area contributed by atoms with Crippen molar-refractivity contribution in [3.63, 3.8) is 0 Å². The summed E-state index contributed by atoms with van der Waals surface area (Å²) in [4.78, 5) is 11.2. The van der Waals surface area contributed by atoms with Gasteiger partial charge in [0.25, 0.3) is 0 Å². The molecule has 0 bridgehead atoms. The first-order valence-electron chi connectivity index (χ1n) is 9.38. The van der Waals surface area contributed by atoms with Gasteiger partial charge in [-0.25, -0.2) is 0 Å². The molecule has 2 fully saturated rings. The second kappa shape index (κ2) is 6.11. The normalized spacial score (nSPS) is 41.1. The van der Waals surface area contributed by atoms with Crippen LogP contribution in [0.4, 0.5) is 0 Å². The van der Waals surface area contributed by atoms with Crippen molar-refractivity contribution in [2.45, 2.75) is 72.1 Å². The molecular formula is C21H32O2. The fourth-order valence-corrected chi connectivity index (χ4v) is 5.51. The van der Waals surface area contributed by atoms with E-state index >= 15 is 0 Å². The predicted octanol–water partition coefficient (Wildman–Crippen LogP) is 5.44. The maximum Gasteiger partial charge on any atom is 0.309 e. The van der Waals surface area contributed by atoms with E-state index in [-0.39, 0.29) is 5.97 Å². The van der Waals surface area contributed by atoms with Gasteiger partial charge in [-0.05, 0) is 73.2 Å². The van der Waals surface area contributed by atoms with Crippen LogP contribution in [-0.4, -0.2) is 12.6 Å². The van der Waals surface area contributed by atoms with E-state index in [1.807, 2.05) is 0 Å². The molecule has 23 heavy (non-hydrogen) atoms. The molecule has 4 atom stereocenters. The Labute approximate surface area is 141 Å². The number of ether oxygens (including phenoxy) is 1. The van der Waals surface area contributed by atoms with Gasteiger partial charge in [0, 0.05) is 0 Å². The van der Waals surface area contributed by atoms with Crippen LogP contribution in [0.25, 0.3) is 0 Å². The Balaban J connectivity index is 1.77. The molecule has 2 saturated carbocycles. The lowest BCUT2D eigenvalue weighted by atomic mass is 9.46. The third-order valence-corrected chi connectivity index (χ3v) is 7.53. The van der Waals surface area contributed by atoms with Gasteiger partial charge in [-0.3, -0.25) is 4.79 Å². The predicted molar refractivity (Wildman–Crippen MR) is 94.0 cm³/mol. The van der Waals surface area contributed by atoms with E-state index in [1.165, 1.54) is 49.7 Å². The fraction of sp³-hybridized carbons (Fsp3) is 0.762. The van der Waals surface area contributed by atoms with Gasteiger partial charge in [-0.2, -0.15) is 0 Å². The molecule has 0 spiro atoms. The third-order valence-electron chi connectivity index (χ3n) is 7.53. The van der Waals surface area contributed by atoms with E-state index in [1.54, 1.807) is 0 Å². The van der Waals surface area contributed by atoms with Crippen molar-refractivity contribution in [1.82, 2.24) is 0 Å². The summed E-state index contributed by atoms with van der Waals surface area (Å²) in [6.45, 7) is 12.4. The average molecular weight is 316 g/mol. The highest BCUT2D eigenvalue weighted by molar-refractivity contribution is 5.72. The molecule has 0 radical (unpaired) electrons. The van der Waals surface area contributed by atoms with Crippen molar-refractivity contribution in [1.29, 1.82) is 0 Å². The van der Waals surface area contributed by atoms with E-state index in [9.17, 15) is 4.79 Å². The molecule has 3 rings (SSSR count). The Morgan fingerprint density at radius 2 is 2.13 bits per heavy atom. The van der Waals surface area contributed by atoms with Crippen LogP contribution in [0.3, 0.4) is 0 Å². The number of hydrogen-bond donors (Lipinski definition) is 0. The zero-order valence-electron chi connectivity index (χ0n) is 15.1. The standard InChI is InChI=1S/C21H32O2/c1-15-6-5-7-18-20(15,3)12-10-16(2)21(18,4)13-11-17-8-9-19(22)23-14-17/h8,16,18H,1,5-7,9-14H2,2-4H3/t16-,18-,20-,21-/m0/s1. The van der Waals surface area contributed by atoms with Crippen LogP contribution < -0.4 is 0 Å². The molecule has 128 valence electrons. The fourth-order valence-electron chi connectivity index (χ4n) is 5.51. The minimum absolute atomic E-state index is 0.0813. The number of carbonyl (C=O) groups is 1. The highest BCUT2D eigenvalue weighted by Gasteiger charge is 2.53. The van der Waals surface area contributed by atoms with Crippen LogP contribution in [0.1, 0.15) is 72.1 Å². The Hall–Kier alpha value is -1.05. The van der Waals surface area contributed by atoms with Crippen LogP contribution in [0.5, 0.6) is 0 Å². The summed E-state index contributed by atoms with van der Waals surface area (Å²) in [5, 5.41) is 0. The monoisotopic (exact) mass is 316 g/mol. The van der Waals surface area contributed by atoms with Crippen molar-refractivity contribution in [3.05, 3.63) is 23.8 Å². The van der Waals surface area contributed by atoms with Gasteiger partial charge in [0.15, 0.2) is 0 Å². The lowest BCUT2D eigenvalue weighted by molar-refractivity contribution is -0.142. The van der Waals surface area contributed by atoms with Gasteiger partial charge >= 0.3 is 5.97 Å². The number of hydrogen-bond acceptors (Lipinski definition) is 2. The molecule has 0 N–H and O–H groups in total. The number of allylic oxidation sites excluding steroid dienone is 1. The quantitative estimate of drug-likeness (QED) is 0.512. The molecule has 0 amide bonds. The smallest absolute Gasteiger partial charge is 0.309 e. The van der Waals surface area contributed by atoms with Gasteiger partial charge < -0.3 is 4.74 Å². The van der Waals surface area contributed by atoms with Crippen molar-refractivity contribution in [2.24, 2.45) is 22.7 Å². The molecule has 1 aliphatic heterocycles. The second-order valence-electron chi connectivity index (χ2n) is 8.64. The highest BCUT2D eigenvalue weighted by atomic mass is 16.5. The first-order chi connectivity index (χ1) is 10.9. The van der Waals surface area contributed by atoms with Crippen molar-refractivity contribution >= 4 is 5.97 Å². The van der Waals surface area contributed by atoms with E-state index in [2.05, 4.69) is 33.4 Å². The number of cyclic esters (lactones) is 1. The number of rotatable bonds is 3. The summed E-state index contributed by atoms with van der Waals surface area (Å²) in [6, 6.07) is 0. The molecule has 1 heterocycles. The molecule has 2 aliphatic carbocycles.